The molecule has 0 aliphatic heterocycles. The average molecular weight is 325 g/mol. The lowest BCUT2D eigenvalue weighted by atomic mass is 10.1. The van der Waals surface area contributed by atoms with Crippen molar-refractivity contribution < 1.29 is 13.6 Å². The van der Waals surface area contributed by atoms with E-state index in [4.69, 9.17) is 4.42 Å². The fourth-order valence-corrected chi connectivity index (χ4v) is 2.34. The molecule has 5 nitrogen and oxygen atoms in total. The number of hydrogen-bond acceptors (Lipinski definition) is 3. The fourth-order valence-electron chi connectivity index (χ4n) is 2.34. The van der Waals surface area contributed by atoms with E-state index >= 15 is 0 Å². The number of carbonyl (C=O) groups excluding carboxylic acids is 1. The van der Waals surface area contributed by atoms with Crippen LogP contribution < -0.4 is 5.32 Å². The molecule has 0 saturated heterocycles. The van der Waals surface area contributed by atoms with Crippen LogP contribution in [0.1, 0.15) is 23.2 Å². The van der Waals surface area contributed by atoms with Gasteiger partial charge in [0.05, 0.1) is 6.26 Å². The lowest BCUT2D eigenvalue weighted by Gasteiger charge is -2.18. The molecule has 1 amide bonds. The van der Waals surface area contributed by atoms with Crippen LogP contribution >= 0.6 is 0 Å². The van der Waals surface area contributed by atoms with Gasteiger partial charge in [-0.1, -0.05) is 12.1 Å². The number of halogens is 1. The van der Waals surface area contributed by atoms with E-state index in [1.165, 1.54) is 24.5 Å². The fraction of sp³-hybridized carbons (Fsp3) is 0.111. The first-order valence-corrected chi connectivity index (χ1v) is 7.38. The maximum absolute atomic E-state index is 13.2. The molecule has 0 saturated carbocycles. The summed E-state index contributed by atoms with van der Waals surface area (Å²) in [5, 5.41) is 2.89. The van der Waals surface area contributed by atoms with Crippen molar-refractivity contribution >= 4 is 12.0 Å². The van der Waals surface area contributed by atoms with Crippen LogP contribution in [0.2, 0.25) is 0 Å². The highest BCUT2D eigenvalue weighted by atomic mass is 19.1. The number of aryl methyl sites for hydroxylation is 1. The zero-order valence-corrected chi connectivity index (χ0v) is 13.0. The van der Waals surface area contributed by atoms with E-state index < -0.39 is 6.04 Å². The minimum atomic E-state index is -0.487. The van der Waals surface area contributed by atoms with Crippen LogP contribution in [0.25, 0.3) is 6.08 Å². The highest BCUT2D eigenvalue weighted by molar-refractivity contribution is 5.91. The standard InChI is InChI=1S/C18H16FN3O2/c1-22-11-10-20-18(22)17(13-4-6-14(19)7-5-13)21-16(23)9-8-15-3-2-12-24-15/h2-12,17H,1H3,(H,21,23)/b9-8+. The van der Waals surface area contributed by atoms with Gasteiger partial charge in [-0.25, -0.2) is 9.37 Å². The van der Waals surface area contributed by atoms with Crippen LogP contribution in [-0.2, 0) is 11.8 Å². The molecule has 2 heterocycles. The van der Waals surface area contributed by atoms with Crippen LogP contribution in [0.3, 0.4) is 0 Å². The third-order valence-corrected chi connectivity index (χ3v) is 3.55. The molecule has 1 atom stereocenters. The Hall–Kier alpha value is -3.15. The number of hydrogen-bond donors (Lipinski definition) is 1. The lowest BCUT2D eigenvalue weighted by molar-refractivity contribution is -0.117. The summed E-state index contributed by atoms with van der Waals surface area (Å²) >= 11 is 0. The summed E-state index contributed by atoms with van der Waals surface area (Å²) in [5.74, 6) is 0.604. The Morgan fingerprint density at radius 1 is 1.33 bits per heavy atom. The van der Waals surface area contributed by atoms with Crippen LogP contribution in [-0.4, -0.2) is 15.5 Å². The molecule has 0 fully saturated rings. The van der Waals surface area contributed by atoms with E-state index in [0.717, 1.165) is 5.56 Å². The summed E-state index contributed by atoms with van der Waals surface area (Å²) < 4.78 is 20.1. The molecule has 0 bridgehead atoms. The largest absolute Gasteiger partial charge is 0.465 e. The second-order valence-electron chi connectivity index (χ2n) is 5.24. The number of nitrogens with zero attached hydrogens (tertiary/aromatic N) is 2. The molecule has 0 radical (unpaired) electrons. The summed E-state index contributed by atoms with van der Waals surface area (Å²) in [7, 11) is 1.84. The van der Waals surface area contributed by atoms with Crippen molar-refractivity contribution in [2.24, 2.45) is 7.05 Å². The monoisotopic (exact) mass is 325 g/mol. The molecule has 3 rings (SSSR count). The molecule has 6 heteroatoms. The van der Waals surface area contributed by atoms with Gasteiger partial charge in [0, 0.05) is 25.5 Å². The Morgan fingerprint density at radius 3 is 2.75 bits per heavy atom. The minimum Gasteiger partial charge on any atom is -0.465 e. The van der Waals surface area contributed by atoms with Crippen molar-refractivity contribution in [1.29, 1.82) is 0 Å². The Balaban J connectivity index is 1.84. The number of carbonyl (C=O) groups is 1. The third kappa shape index (κ3) is 3.60. The lowest BCUT2D eigenvalue weighted by Crippen LogP contribution is -2.29. The van der Waals surface area contributed by atoms with Gasteiger partial charge < -0.3 is 14.3 Å². The molecule has 0 aliphatic carbocycles. The van der Waals surface area contributed by atoms with Gasteiger partial charge in [0.15, 0.2) is 0 Å². The summed E-state index contributed by atoms with van der Waals surface area (Å²) in [6.07, 6.45) is 7.94. The van der Waals surface area contributed by atoms with Gasteiger partial charge in [-0.05, 0) is 35.9 Å². The average Bonchev–Trinajstić information content (AvgIpc) is 3.23. The van der Waals surface area contributed by atoms with E-state index in [0.29, 0.717) is 11.6 Å². The van der Waals surface area contributed by atoms with Gasteiger partial charge in [0.25, 0.3) is 0 Å². The molecule has 3 aromatic rings. The molecule has 0 spiro atoms. The molecular weight excluding hydrogens is 309 g/mol. The maximum atomic E-state index is 13.2. The quantitative estimate of drug-likeness (QED) is 0.733. The summed E-state index contributed by atoms with van der Waals surface area (Å²) in [4.78, 5) is 16.5. The number of aromatic nitrogens is 2. The van der Waals surface area contributed by atoms with Crippen molar-refractivity contribution in [3.8, 4) is 0 Å². The first kappa shape index (κ1) is 15.7. The second kappa shape index (κ2) is 6.95. The van der Waals surface area contributed by atoms with Crippen molar-refractivity contribution in [3.05, 3.63) is 84.1 Å². The summed E-state index contributed by atoms with van der Waals surface area (Å²) in [6, 6.07) is 8.98. The minimum absolute atomic E-state index is 0.302. The summed E-state index contributed by atoms with van der Waals surface area (Å²) in [6.45, 7) is 0. The molecule has 1 unspecified atom stereocenters. The smallest absolute Gasteiger partial charge is 0.244 e. The summed E-state index contributed by atoms with van der Waals surface area (Å²) in [5.41, 5.74) is 0.741. The van der Waals surface area contributed by atoms with Gasteiger partial charge in [0.1, 0.15) is 23.4 Å². The van der Waals surface area contributed by atoms with Crippen molar-refractivity contribution in [3.63, 3.8) is 0 Å². The number of furan rings is 1. The highest BCUT2D eigenvalue weighted by Gasteiger charge is 2.19. The van der Waals surface area contributed by atoms with E-state index in [-0.39, 0.29) is 11.7 Å². The molecule has 24 heavy (non-hydrogen) atoms. The Kier molecular flexibility index (Phi) is 4.56. The Labute approximate surface area is 138 Å². The number of rotatable bonds is 5. The predicted octanol–water partition coefficient (Wildman–Crippen LogP) is 3.07. The predicted molar refractivity (Wildman–Crippen MR) is 87.3 cm³/mol. The molecular formula is C18H16FN3O2. The molecule has 122 valence electrons. The zero-order chi connectivity index (χ0) is 16.9. The zero-order valence-electron chi connectivity index (χ0n) is 13.0. The molecule has 2 aromatic heterocycles. The normalized spacial score (nSPS) is 12.4. The van der Waals surface area contributed by atoms with Crippen LogP contribution in [0.5, 0.6) is 0 Å². The van der Waals surface area contributed by atoms with Gasteiger partial charge in [-0.2, -0.15) is 0 Å². The Bertz CT molecular complexity index is 836. The van der Waals surface area contributed by atoms with Crippen molar-refractivity contribution in [1.82, 2.24) is 14.9 Å². The van der Waals surface area contributed by atoms with Gasteiger partial charge >= 0.3 is 0 Å². The number of nitrogens with one attached hydrogen (secondary N) is 1. The van der Waals surface area contributed by atoms with Crippen LogP contribution in [0.4, 0.5) is 4.39 Å². The first-order chi connectivity index (χ1) is 11.6. The number of imidazole rings is 1. The van der Waals surface area contributed by atoms with Crippen molar-refractivity contribution in [2.45, 2.75) is 6.04 Å². The van der Waals surface area contributed by atoms with E-state index in [1.54, 1.807) is 42.7 Å². The number of benzene rings is 1. The SMILES string of the molecule is Cn1ccnc1C(NC(=O)/C=C/c1ccco1)c1ccc(F)cc1. The number of amides is 1. The molecule has 1 N–H and O–H groups in total. The van der Waals surface area contributed by atoms with Crippen LogP contribution in [0, 0.1) is 5.82 Å². The second-order valence-corrected chi connectivity index (χ2v) is 5.24. The van der Waals surface area contributed by atoms with Gasteiger partial charge in [0.2, 0.25) is 5.91 Å². The maximum Gasteiger partial charge on any atom is 0.244 e. The Morgan fingerprint density at radius 2 is 2.12 bits per heavy atom. The van der Waals surface area contributed by atoms with E-state index in [2.05, 4.69) is 10.3 Å². The molecule has 0 aliphatic rings. The third-order valence-electron chi connectivity index (χ3n) is 3.55. The first-order valence-electron chi connectivity index (χ1n) is 7.38. The topological polar surface area (TPSA) is 60.1 Å². The highest BCUT2D eigenvalue weighted by Crippen LogP contribution is 2.20. The van der Waals surface area contributed by atoms with E-state index in [1.807, 2.05) is 11.6 Å². The van der Waals surface area contributed by atoms with Gasteiger partial charge in [-0.3, -0.25) is 4.79 Å². The molecule has 1 aromatic carbocycles. The van der Waals surface area contributed by atoms with Crippen LogP contribution in [0.15, 0.2) is 65.5 Å². The van der Waals surface area contributed by atoms with E-state index in [9.17, 15) is 9.18 Å². The van der Waals surface area contributed by atoms with Crippen molar-refractivity contribution in [2.75, 3.05) is 0 Å². The van der Waals surface area contributed by atoms with Gasteiger partial charge in [-0.15, -0.1) is 0 Å².